The molecule has 7 nitrogen and oxygen atoms in total. The number of aromatic hydroxyl groups is 2. The predicted molar refractivity (Wildman–Crippen MR) is 140 cm³/mol. The Labute approximate surface area is 209 Å². The third kappa shape index (κ3) is 7.38. The zero-order valence-corrected chi connectivity index (χ0v) is 22.6. The van der Waals surface area contributed by atoms with Crippen molar-refractivity contribution < 1.29 is 24.5 Å². The van der Waals surface area contributed by atoms with E-state index < -0.39 is 5.91 Å². The Morgan fingerprint density at radius 1 is 0.886 bits per heavy atom. The number of hydrogen-bond donors (Lipinski definition) is 3. The van der Waals surface area contributed by atoms with Crippen molar-refractivity contribution in [1.82, 2.24) is 5.43 Å². The highest BCUT2D eigenvalue weighted by Gasteiger charge is 2.27. The number of carbonyl (C=O) groups excluding carboxylic acids is 1. The summed E-state index contributed by atoms with van der Waals surface area (Å²) < 4.78 is 11.5. The van der Waals surface area contributed by atoms with Crippen LogP contribution in [0.2, 0.25) is 0 Å². The molecule has 2 aromatic rings. The van der Waals surface area contributed by atoms with Crippen LogP contribution in [0.15, 0.2) is 29.4 Å². The maximum absolute atomic E-state index is 13.0. The molecule has 35 heavy (non-hydrogen) atoms. The van der Waals surface area contributed by atoms with E-state index in [2.05, 4.69) is 10.5 Å². The lowest BCUT2D eigenvalue weighted by molar-refractivity contribution is 0.0954. The predicted octanol–water partition coefficient (Wildman–Crippen LogP) is 6.03. The molecular formula is C28H40N2O5. The molecule has 0 aliphatic heterocycles. The standard InChI is InChI=1S/C28H40N2O5/c1-16(2)34-19-13-23(31)20(24(14-19)35-17(3)4)15-29-30-26(33)18-11-21(27(5,6)7)25(32)22(12-18)28(8,9)10/h11-17,31-32H,1-10H3,(H,30,33). The second kappa shape index (κ2) is 10.6. The Bertz CT molecular complexity index is 1050. The number of benzene rings is 2. The molecule has 1 amide bonds. The topological polar surface area (TPSA) is 100 Å². The molecule has 0 aliphatic carbocycles. The zero-order chi connectivity index (χ0) is 26.7. The van der Waals surface area contributed by atoms with E-state index in [1.165, 1.54) is 12.3 Å². The molecule has 0 radical (unpaired) electrons. The Hall–Kier alpha value is -3.22. The van der Waals surface area contributed by atoms with Gasteiger partial charge in [0.15, 0.2) is 0 Å². The van der Waals surface area contributed by atoms with E-state index in [-0.39, 0.29) is 34.5 Å². The van der Waals surface area contributed by atoms with Gasteiger partial charge in [0, 0.05) is 28.8 Å². The molecule has 0 heterocycles. The lowest BCUT2D eigenvalue weighted by atomic mass is 9.78. The van der Waals surface area contributed by atoms with Gasteiger partial charge in [-0.15, -0.1) is 0 Å². The van der Waals surface area contributed by atoms with E-state index in [1.54, 1.807) is 18.2 Å². The van der Waals surface area contributed by atoms with Gasteiger partial charge >= 0.3 is 0 Å². The van der Waals surface area contributed by atoms with Crippen LogP contribution in [0, 0.1) is 0 Å². The number of hydrogen-bond acceptors (Lipinski definition) is 6. The van der Waals surface area contributed by atoms with Crippen LogP contribution < -0.4 is 14.9 Å². The monoisotopic (exact) mass is 484 g/mol. The van der Waals surface area contributed by atoms with Crippen molar-refractivity contribution in [2.24, 2.45) is 5.10 Å². The van der Waals surface area contributed by atoms with Crippen LogP contribution in [0.5, 0.6) is 23.0 Å². The van der Waals surface area contributed by atoms with Gasteiger partial charge in [0.2, 0.25) is 0 Å². The second-order valence-corrected chi connectivity index (χ2v) is 11.3. The molecular weight excluding hydrogens is 444 g/mol. The SMILES string of the molecule is CC(C)Oc1cc(O)c(C=NNC(=O)c2cc(C(C)(C)C)c(O)c(C(C)(C)C)c2)c(OC(C)C)c1. The van der Waals surface area contributed by atoms with Crippen LogP contribution in [-0.2, 0) is 10.8 Å². The van der Waals surface area contributed by atoms with Crippen molar-refractivity contribution in [3.05, 3.63) is 46.5 Å². The maximum Gasteiger partial charge on any atom is 0.271 e. The fourth-order valence-electron chi connectivity index (χ4n) is 3.54. The van der Waals surface area contributed by atoms with Crippen molar-refractivity contribution in [2.75, 3.05) is 0 Å². The van der Waals surface area contributed by atoms with Crippen LogP contribution in [0.4, 0.5) is 0 Å². The summed E-state index contributed by atoms with van der Waals surface area (Å²) in [6, 6.07) is 6.56. The molecule has 0 saturated heterocycles. The van der Waals surface area contributed by atoms with Gasteiger partial charge in [-0.2, -0.15) is 5.10 Å². The Kier molecular flexibility index (Phi) is 8.47. The summed E-state index contributed by atoms with van der Waals surface area (Å²) in [5, 5.41) is 25.5. The fraction of sp³-hybridized carbons (Fsp3) is 0.500. The Balaban J connectivity index is 2.41. The summed E-state index contributed by atoms with van der Waals surface area (Å²) in [6.45, 7) is 19.5. The molecule has 0 aliphatic rings. The first-order valence-corrected chi connectivity index (χ1v) is 11.9. The van der Waals surface area contributed by atoms with Gasteiger partial charge in [0.05, 0.1) is 24.0 Å². The molecule has 0 unspecified atom stereocenters. The van der Waals surface area contributed by atoms with Crippen molar-refractivity contribution in [3.8, 4) is 23.0 Å². The van der Waals surface area contributed by atoms with Crippen LogP contribution in [0.3, 0.4) is 0 Å². The summed E-state index contributed by atoms with van der Waals surface area (Å²) in [6.07, 6.45) is 1.13. The second-order valence-electron chi connectivity index (χ2n) is 11.3. The number of carbonyl (C=O) groups is 1. The third-order valence-corrected chi connectivity index (χ3v) is 5.18. The number of hydrazone groups is 1. The first-order chi connectivity index (χ1) is 16.0. The molecule has 0 fully saturated rings. The lowest BCUT2D eigenvalue weighted by Gasteiger charge is -2.28. The average Bonchev–Trinajstić information content (AvgIpc) is 2.67. The van der Waals surface area contributed by atoms with Gasteiger partial charge in [-0.1, -0.05) is 41.5 Å². The molecule has 0 bridgehead atoms. The van der Waals surface area contributed by atoms with Gasteiger partial charge in [0.25, 0.3) is 5.91 Å². The number of amides is 1. The Morgan fingerprint density at radius 2 is 1.40 bits per heavy atom. The lowest BCUT2D eigenvalue weighted by Crippen LogP contribution is -2.22. The van der Waals surface area contributed by atoms with Crippen LogP contribution in [0.1, 0.15) is 96.3 Å². The molecule has 2 aromatic carbocycles. The highest BCUT2D eigenvalue weighted by atomic mass is 16.5. The number of ether oxygens (including phenoxy) is 2. The molecule has 7 heteroatoms. The van der Waals surface area contributed by atoms with Crippen molar-refractivity contribution in [1.29, 1.82) is 0 Å². The van der Waals surface area contributed by atoms with Gasteiger partial charge in [-0.3, -0.25) is 4.79 Å². The van der Waals surface area contributed by atoms with Crippen LogP contribution >= 0.6 is 0 Å². The van der Waals surface area contributed by atoms with Crippen molar-refractivity contribution in [2.45, 2.75) is 92.3 Å². The molecule has 0 aromatic heterocycles. The molecule has 2 rings (SSSR count). The molecule has 0 atom stereocenters. The van der Waals surface area contributed by atoms with E-state index in [1.807, 2.05) is 69.2 Å². The zero-order valence-electron chi connectivity index (χ0n) is 22.6. The van der Waals surface area contributed by atoms with Gasteiger partial charge in [-0.05, 0) is 50.7 Å². The normalized spacial score (nSPS) is 12.5. The van der Waals surface area contributed by atoms with E-state index in [9.17, 15) is 15.0 Å². The highest BCUT2D eigenvalue weighted by Crippen LogP contribution is 2.40. The van der Waals surface area contributed by atoms with Gasteiger partial charge in [-0.25, -0.2) is 5.43 Å². The Morgan fingerprint density at radius 3 is 1.86 bits per heavy atom. The number of phenolic OH excluding ortho intramolecular Hbond substituents is 2. The first-order valence-electron chi connectivity index (χ1n) is 11.9. The summed E-state index contributed by atoms with van der Waals surface area (Å²) in [5.41, 5.74) is 3.89. The molecule has 0 saturated carbocycles. The number of nitrogens with zero attached hydrogens (tertiary/aromatic N) is 1. The minimum absolute atomic E-state index is 0.0682. The van der Waals surface area contributed by atoms with E-state index in [0.29, 0.717) is 33.8 Å². The average molecular weight is 485 g/mol. The quantitative estimate of drug-likeness (QED) is 0.329. The van der Waals surface area contributed by atoms with Crippen LogP contribution in [0.25, 0.3) is 0 Å². The van der Waals surface area contributed by atoms with E-state index >= 15 is 0 Å². The number of rotatable bonds is 7. The first kappa shape index (κ1) is 28.0. The summed E-state index contributed by atoms with van der Waals surface area (Å²) in [4.78, 5) is 13.0. The minimum Gasteiger partial charge on any atom is -0.507 e. The van der Waals surface area contributed by atoms with Crippen LogP contribution in [-0.4, -0.2) is 34.5 Å². The minimum atomic E-state index is -0.428. The van der Waals surface area contributed by atoms with Gasteiger partial charge < -0.3 is 19.7 Å². The number of phenols is 2. The van der Waals surface area contributed by atoms with Crippen molar-refractivity contribution >= 4 is 12.1 Å². The highest BCUT2D eigenvalue weighted by molar-refractivity contribution is 5.96. The summed E-state index contributed by atoms with van der Waals surface area (Å²) in [7, 11) is 0. The largest absolute Gasteiger partial charge is 0.507 e. The van der Waals surface area contributed by atoms with E-state index in [0.717, 1.165) is 0 Å². The van der Waals surface area contributed by atoms with E-state index in [4.69, 9.17) is 9.47 Å². The third-order valence-electron chi connectivity index (χ3n) is 5.18. The van der Waals surface area contributed by atoms with Crippen molar-refractivity contribution in [3.63, 3.8) is 0 Å². The fourth-order valence-corrected chi connectivity index (χ4v) is 3.54. The molecule has 0 spiro atoms. The smallest absolute Gasteiger partial charge is 0.271 e. The maximum atomic E-state index is 13.0. The van der Waals surface area contributed by atoms with Gasteiger partial charge in [0.1, 0.15) is 23.0 Å². The molecule has 192 valence electrons. The number of nitrogens with one attached hydrogen (secondary N) is 1. The molecule has 3 N–H and O–H groups in total. The summed E-state index contributed by atoms with van der Waals surface area (Å²) >= 11 is 0. The summed E-state index contributed by atoms with van der Waals surface area (Å²) in [5.74, 6) is 0.564.